The third-order valence-corrected chi connectivity index (χ3v) is 2.33. The van der Waals surface area contributed by atoms with Crippen molar-refractivity contribution in [2.24, 2.45) is 5.92 Å². The van der Waals surface area contributed by atoms with Gasteiger partial charge in [-0.2, -0.15) is 0 Å². The minimum Gasteiger partial charge on any atom is -0.103 e. The van der Waals surface area contributed by atoms with Gasteiger partial charge in [0, 0.05) is 12.8 Å². The fourth-order valence-corrected chi connectivity index (χ4v) is 1.37. The van der Waals surface area contributed by atoms with E-state index < -0.39 is 0 Å². The molecule has 0 aliphatic carbocycles. The van der Waals surface area contributed by atoms with Crippen LogP contribution < -0.4 is 0 Å². The second-order valence-corrected chi connectivity index (χ2v) is 3.43. The highest BCUT2D eigenvalue weighted by Gasteiger charge is 2.02. The Bertz CT molecular complexity index is 147. The molecule has 0 aromatic carbocycles. The predicted octanol–water partition coefficient (Wildman–Crippen LogP) is 4.02. The smallest absolute Gasteiger partial charge is 0.0117 e. The predicted molar refractivity (Wildman–Crippen MR) is 60.0 cm³/mol. The van der Waals surface area contributed by atoms with E-state index in [0.29, 0.717) is 0 Å². The van der Waals surface area contributed by atoms with Crippen LogP contribution in [0.1, 0.15) is 51.9 Å². The van der Waals surface area contributed by atoms with Gasteiger partial charge in [0.25, 0.3) is 0 Å². The summed E-state index contributed by atoms with van der Waals surface area (Å²) in [6.45, 7) is 9.80. The third-order valence-electron chi connectivity index (χ3n) is 2.33. The van der Waals surface area contributed by atoms with Gasteiger partial charge in [-0.25, -0.2) is 0 Å². The topological polar surface area (TPSA) is 0 Å². The summed E-state index contributed by atoms with van der Waals surface area (Å²) in [5, 5.41) is 0. The lowest BCUT2D eigenvalue weighted by atomic mass is 9.95. The van der Waals surface area contributed by atoms with E-state index in [4.69, 9.17) is 0 Å². The molecule has 0 spiro atoms. The van der Waals surface area contributed by atoms with Crippen molar-refractivity contribution in [1.29, 1.82) is 0 Å². The van der Waals surface area contributed by atoms with E-state index in [-0.39, 0.29) is 0 Å². The summed E-state index contributed by atoms with van der Waals surface area (Å²) in [6.07, 6.45) is 8.02. The Balaban J connectivity index is 3.50. The first-order chi connectivity index (χ1) is 6.35. The molecule has 74 valence electrons. The number of rotatable bonds is 6. The monoisotopic (exact) mass is 178 g/mol. The Morgan fingerprint density at radius 3 is 2.46 bits per heavy atom. The zero-order chi connectivity index (χ0) is 9.94. The lowest BCUT2D eigenvalue weighted by Crippen LogP contribution is -1.97. The molecule has 0 aromatic heterocycles. The molecule has 0 fully saturated rings. The molecule has 0 aliphatic heterocycles. The van der Waals surface area contributed by atoms with Crippen LogP contribution in [0.3, 0.4) is 0 Å². The van der Waals surface area contributed by atoms with Crippen LogP contribution in [0.5, 0.6) is 0 Å². The Morgan fingerprint density at radius 1 is 1.15 bits per heavy atom. The van der Waals surface area contributed by atoms with Crippen molar-refractivity contribution in [2.45, 2.75) is 51.9 Å². The first kappa shape index (κ1) is 12.6. The van der Waals surface area contributed by atoms with Crippen LogP contribution in [-0.4, -0.2) is 0 Å². The van der Waals surface area contributed by atoms with Gasteiger partial charge in [0.15, 0.2) is 0 Å². The Labute approximate surface area is 84.1 Å². The molecule has 0 N–H and O–H groups in total. The first-order valence-corrected chi connectivity index (χ1v) is 5.39. The normalized spacial score (nSPS) is 11.9. The molecule has 0 nitrogen and oxygen atoms in total. The molecule has 0 saturated heterocycles. The van der Waals surface area contributed by atoms with E-state index in [1.54, 1.807) is 0 Å². The maximum atomic E-state index is 3.85. The molecular formula is C13H22. The zero-order valence-corrected chi connectivity index (χ0v) is 8.94. The highest BCUT2D eigenvalue weighted by atomic mass is 14.1. The van der Waals surface area contributed by atoms with Crippen molar-refractivity contribution >= 4 is 0 Å². The van der Waals surface area contributed by atoms with Crippen LogP contribution >= 0.6 is 0 Å². The fourth-order valence-electron chi connectivity index (χ4n) is 1.37. The molecule has 0 bridgehead atoms. The van der Waals surface area contributed by atoms with Crippen molar-refractivity contribution in [3.63, 3.8) is 0 Å². The summed E-state index contributed by atoms with van der Waals surface area (Å²) in [4.78, 5) is 0. The molecule has 2 radical (unpaired) electrons. The van der Waals surface area contributed by atoms with Crippen molar-refractivity contribution in [3.8, 4) is 11.8 Å². The van der Waals surface area contributed by atoms with Crippen LogP contribution in [0, 0.1) is 31.6 Å². The number of hydrogen-bond acceptors (Lipinski definition) is 0. The fraction of sp³-hybridized carbons (Fsp3) is 0.692. The standard InChI is InChI=1S/C13H22/c1-4-7-9-11-13(6-3)12-10-8-5-2/h13H,1-2,4-7,9,11-12H2,3H3. The van der Waals surface area contributed by atoms with Gasteiger partial charge >= 0.3 is 0 Å². The second-order valence-electron chi connectivity index (χ2n) is 3.43. The number of unbranched alkanes of at least 4 members (excludes halogenated alkanes) is 2. The summed E-state index contributed by atoms with van der Waals surface area (Å²) < 4.78 is 0. The van der Waals surface area contributed by atoms with Crippen LogP contribution in [0.4, 0.5) is 0 Å². The SMILES string of the molecule is [CH2]CC#CCC(CC)CCCC[CH2]. The maximum absolute atomic E-state index is 3.85. The van der Waals surface area contributed by atoms with E-state index in [0.717, 1.165) is 25.2 Å². The molecule has 0 heteroatoms. The largest absolute Gasteiger partial charge is 0.103 e. The maximum Gasteiger partial charge on any atom is 0.0117 e. The van der Waals surface area contributed by atoms with Crippen LogP contribution in [0.2, 0.25) is 0 Å². The zero-order valence-electron chi connectivity index (χ0n) is 8.94. The minimum absolute atomic E-state index is 0.745. The van der Waals surface area contributed by atoms with E-state index >= 15 is 0 Å². The average molecular weight is 178 g/mol. The highest BCUT2D eigenvalue weighted by Crippen LogP contribution is 2.16. The van der Waals surface area contributed by atoms with Crippen molar-refractivity contribution in [3.05, 3.63) is 13.8 Å². The Hall–Kier alpha value is -0.440. The molecule has 0 saturated carbocycles. The molecule has 1 unspecified atom stereocenters. The molecule has 0 heterocycles. The molecule has 0 amide bonds. The lowest BCUT2D eigenvalue weighted by Gasteiger charge is -2.10. The summed E-state index contributed by atoms with van der Waals surface area (Å²) in [6, 6.07) is 0. The van der Waals surface area contributed by atoms with E-state index in [1.807, 2.05) is 0 Å². The first-order valence-electron chi connectivity index (χ1n) is 5.39. The van der Waals surface area contributed by atoms with E-state index in [9.17, 15) is 0 Å². The van der Waals surface area contributed by atoms with Gasteiger partial charge in [-0.15, -0.1) is 11.8 Å². The summed E-state index contributed by atoms with van der Waals surface area (Å²) >= 11 is 0. The van der Waals surface area contributed by atoms with Gasteiger partial charge in [0.2, 0.25) is 0 Å². The van der Waals surface area contributed by atoms with Crippen molar-refractivity contribution in [2.75, 3.05) is 0 Å². The van der Waals surface area contributed by atoms with Gasteiger partial charge in [-0.3, -0.25) is 0 Å². The molecule has 0 aromatic rings. The van der Waals surface area contributed by atoms with Crippen molar-refractivity contribution < 1.29 is 0 Å². The second kappa shape index (κ2) is 9.65. The average Bonchev–Trinajstić information content (AvgIpc) is 2.16. The summed E-state index contributed by atoms with van der Waals surface area (Å²) in [5.74, 6) is 7.01. The molecule has 13 heavy (non-hydrogen) atoms. The lowest BCUT2D eigenvalue weighted by molar-refractivity contribution is 0.457. The van der Waals surface area contributed by atoms with Crippen LogP contribution in [-0.2, 0) is 0 Å². The quantitative estimate of drug-likeness (QED) is 0.425. The number of hydrogen-bond donors (Lipinski definition) is 0. The Morgan fingerprint density at radius 2 is 1.92 bits per heavy atom. The molecule has 0 aliphatic rings. The van der Waals surface area contributed by atoms with E-state index in [1.165, 1.54) is 25.7 Å². The highest BCUT2D eigenvalue weighted by molar-refractivity contribution is 5.00. The molecule has 0 rings (SSSR count). The van der Waals surface area contributed by atoms with Gasteiger partial charge < -0.3 is 0 Å². The summed E-state index contributed by atoms with van der Waals surface area (Å²) in [7, 11) is 0. The van der Waals surface area contributed by atoms with Crippen molar-refractivity contribution in [1.82, 2.24) is 0 Å². The summed E-state index contributed by atoms with van der Waals surface area (Å²) in [5.41, 5.74) is 0. The van der Waals surface area contributed by atoms with Crippen LogP contribution in [0.25, 0.3) is 0 Å². The van der Waals surface area contributed by atoms with Gasteiger partial charge in [0.1, 0.15) is 0 Å². The Kier molecular flexibility index (Phi) is 9.32. The van der Waals surface area contributed by atoms with Crippen LogP contribution in [0.15, 0.2) is 0 Å². The molecule has 1 atom stereocenters. The van der Waals surface area contributed by atoms with Gasteiger partial charge in [-0.1, -0.05) is 39.5 Å². The molecular weight excluding hydrogens is 156 g/mol. The minimum atomic E-state index is 0.745. The third kappa shape index (κ3) is 7.91. The van der Waals surface area contributed by atoms with Gasteiger partial charge in [0.05, 0.1) is 0 Å². The van der Waals surface area contributed by atoms with Gasteiger partial charge in [-0.05, 0) is 19.3 Å². The van der Waals surface area contributed by atoms with E-state index in [2.05, 4.69) is 32.6 Å².